The topological polar surface area (TPSA) is 17.8 Å². The molecule has 2 unspecified atom stereocenters. The zero-order valence-corrected chi connectivity index (χ0v) is 14.2. The van der Waals surface area contributed by atoms with Crippen LogP contribution >= 0.6 is 0 Å². The molecule has 0 aliphatic heterocycles. The Bertz CT molecular complexity index is 342. The predicted molar refractivity (Wildman–Crippen MR) is 87.9 cm³/mol. The van der Waals surface area contributed by atoms with Gasteiger partial charge in [0.05, 0.1) is 6.33 Å². The fourth-order valence-corrected chi connectivity index (χ4v) is 3.53. The second-order valence-corrected chi connectivity index (χ2v) is 6.73. The standard InChI is InChI=1S/C18H34N2/c1-6-8-9-10-11-12-17(16(3)4)18(5,7-2)20-14-13-19-15-20/h13-17H,6-12H2,1-5H3. The average Bonchev–Trinajstić information content (AvgIpc) is 2.96. The van der Waals surface area contributed by atoms with Gasteiger partial charge in [0.2, 0.25) is 0 Å². The quantitative estimate of drug-likeness (QED) is 0.506. The van der Waals surface area contributed by atoms with Gasteiger partial charge in [-0.15, -0.1) is 0 Å². The van der Waals surface area contributed by atoms with Crippen LogP contribution in [0.25, 0.3) is 0 Å². The van der Waals surface area contributed by atoms with Gasteiger partial charge >= 0.3 is 0 Å². The second kappa shape index (κ2) is 8.49. The molecule has 0 spiro atoms. The molecule has 0 bridgehead atoms. The highest BCUT2D eigenvalue weighted by Gasteiger charge is 2.35. The summed E-state index contributed by atoms with van der Waals surface area (Å²) in [6, 6.07) is 0. The highest BCUT2D eigenvalue weighted by atomic mass is 15.1. The first-order valence-corrected chi connectivity index (χ1v) is 8.54. The molecule has 0 radical (unpaired) electrons. The van der Waals surface area contributed by atoms with Crippen LogP contribution in [-0.4, -0.2) is 9.55 Å². The summed E-state index contributed by atoms with van der Waals surface area (Å²) in [6.45, 7) is 11.8. The lowest BCUT2D eigenvalue weighted by atomic mass is 9.73. The Labute approximate surface area is 126 Å². The number of imidazole rings is 1. The third kappa shape index (κ3) is 4.36. The van der Waals surface area contributed by atoms with E-state index in [0.29, 0.717) is 5.92 Å². The largest absolute Gasteiger partial charge is 0.331 e. The molecule has 0 aromatic carbocycles. The van der Waals surface area contributed by atoms with Crippen molar-refractivity contribution >= 4 is 0 Å². The lowest BCUT2D eigenvalue weighted by molar-refractivity contribution is 0.122. The predicted octanol–water partition coefficient (Wildman–Crippen LogP) is 5.64. The van der Waals surface area contributed by atoms with Crippen LogP contribution in [0.1, 0.15) is 79.6 Å². The number of hydrogen-bond acceptors (Lipinski definition) is 1. The number of aromatic nitrogens is 2. The first-order valence-electron chi connectivity index (χ1n) is 8.54. The molecule has 0 saturated heterocycles. The normalized spacial score (nSPS) is 16.3. The van der Waals surface area contributed by atoms with Crippen LogP contribution in [-0.2, 0) is 5.54 Å². The zero-order valence-electron chi connectivity index (χ0n) is 14.2. The van der Waals surface area contributed by atoms with Crippen molar-refractivity contribution < 1.29 is 0 Å². The first kappa shape index (κ1) is 17.3. The summed E-state index contributed by atoms with van der Waals surface area (Å²) >= 11 is 0. The first-order chi connectivity index (χ1) is 9.56. The van der Waals surface area contributed by atoms with Gasteiger partial charge in [0, 0.05) is 17.9 Å². The summed E-state index contributed by atoms with van der Waals surface area (Å²) in [6.07, 6.45) is 15.4. The average molecular weight is 278 g/mol. The maximum absolute atomic E-state index is 4.26. The van der Waals surface area contributed by atoms with Crippen LogP contribution in [0.4, 0.5) is 0 Å². The van der Waals surface area contributed by atoms with Crippen LogP contribution < -0.4 is 0 Å². The highest BCUT2D eigenvalue weighted by Crippen LogP contribution is 2.38. The summed E-state index contributed by atoms with van der Waals surface area (Å²) in [7, 11) is 0. The van der Waals surface area contributed by atoms with E-state index in [1.807, 2.05) is 12.5 Å². The van der Waals surface area contributed by atoms with E-state index >= 15 is 0 Å². The molecule has 20 heavy (non-hydrogen) atoms. The Balaban J connectivity index is 2.68. The van der Waals surface area contributed by atoms with E-state index in [0.717, 1.165) is 5.92 Å². The monoisotopic (exact) mass is 278 g/mol. The molecular formula is C18H34N2. The smallest absolute Gasteiger partial charge is 0.0951 e. The van der Waals surface area contributed by atoms with Gasteiger partial charge in [0.25, 0.3) is 0 Å². The molecule has 1 aromatic heterocycles. The summed E-state index contributed by atoms with van der Waals surface area (Å²) in [4.78, 5) is 4.26. The van der Waals surface area contributed by atoms with Crippen molar-refractivity contribution in [2.45, 2.75) is 85.1 Å². The lowest BCUT2D eigenvalue weighted by Gasteiger charge is -2.41. The Morgan fingerprint density at radius 1 is 1.10 bits per heavy atom. The van der Waals surface area contributed by atoms with Gasteiger partial charge < -0.3 is 4.57 Å². The van der Waals surface area contributed by atoms with Gasteiger partial charge in [-0.2, -0.15) is 0 Å². The highest BCUT2D eigenvalue weighted by molar-refractivity contribution is 4.93. The molecule has 0 amide bonds. The Morgan fingerprint density at radius 2 is 1.80 bits per heavy atom. The SMILES string of the molecule is CCCCCCCC(C(C)C)C(C)(CC)n1ccnc1. The van der Waals surface area contributed by atoms with Crippen molar-refractivity contribution in [1.29, 1.82) is 0 Å². The van der Waals surface area contributed by atoms with Crippen molar-refractivity contribution in [3.63, 3.8) is 0 Å². The number of unbranched alkanes of at least 4 members (excludes halogenated alkanes) is 4. The summed E-state index contributed by atoms with van der Waals surface area (Å²) in [5, 5.41) is 0. The van der Waals surface area contributed by atoms with E-state index in [9.17, 15) is 0 Å². The number of rotatable bonds is 10. The Morgan fingerprint density at radius 3 is 2.30 bits per heavy atom. The second-order valence-electron chi connectivity index (χ2n) is 6.73. The van der Waals surface area contributed by atoms with Gasteiger partial charge in [-0.05, 0) is 31.6 Å². The van der Waals surface area contributed by atoms with Crippen LogP contribution in [0.15, 0.2) is 18.7 Å². The van der Waals surface area contributed by atoms with Crippen LogP contribution in [0.3, 0.4) is 0 Å². The fraction of sp³-hybridized carbons (Fsp3) is 0.833. The molecule has 2 atom stereocenters. The van der Waals surface area contributed by atoms with Gasteiger partial charge in [0.15, 0.2) is 0 Å². The van der Waals surface area contributed by atoms with Gasteiger partial charge in [-0.1, -0.05) is 59.8 Å². The molecule has 0 saturated carbocycles. The number of hydrogen-bond donors (Lipinski definition) is 0. The van der Waals surface area contributed by atoms with E-state index in [1.54, 1.807) is 0 Å². The van der Waals surface area contributed by atoms with Crippen molar-refractivity contribution in [2.24, 2.45) is 11.8 Å². The van der Waals surface area contributed by atoms with E-state index in [2.05, 4.69) is 50.4 Å². The molecule has 116 valence electrons. The van der Waals surface area contributed by atoms with E-state index < -0.39 is 0 Å². The van der Waals surface area contributed by atoms with Gasteiger partial charge in [-0.25, -0.2) is 4.98 Å². The lowest BCUT2D eigenvalue weighted by Crippen LogP contribution is -2.40. The zero-order chi connectivity index (χ0) is 15.0. The molecule has 0 N–H and O–H groups in total. The Hall–Kier alpha value is -0.790. The van der Waals surface area contributed by atoms with Gasteiger partial charge in [0.1, 0.15) is 0 Å². The molecular weight excluding hydrogens is 244 g/mol. The van der Waals surface area contributed by atoms with E-state index in [-0.39, 0.29) is 5.54 Å². The molecule has 1 heterocycles. The van der Waals surface area contributed by atoms with Crippen LogP contribution in [0, 0.1) is 11.8 Å². The molecule has 1 aromatic rings. The molecule has 0 aliphatic rings. The van der Waals surface area contributed by atoms with E-state index in [1.165, 1.54) is 44.9 Å². The summed E-state index contributed by atoms with van der Waals surface area (Å²) < 4.78 is 2.34. The van der Waals surface area contributed by atoms with Gasteiger partial charge in [-0.3, -0.25) is 0 Å². The van der Waals surface area contributed by atoms with Crippen molar-refractivity contribution in [3.05, 3.63) is 18.7 Å². The van der Waals surface area contributed by atoms with Crippen LogP contribution in [0.2, 0.25) is 0 Å². The minimum Gasteiger partial charge on any atom is -0.331 e. The van der Waals surface area contributed by atoms with Crippen LogP contribution in [0.5, 0.6) is 0 Å². The minimum absolute atomic E-state index is 0.204. The molecule has 2 heteroatoms. The van der Waals surface area contributed by atoms with Crippen molar-refractivity contribution in [3.8, 4) is 0 Å². The summed E-state index contributed by atoms with van der Waals surface area (Å²) in [5.41, 5.74) is 0.204. The molecule has 1 rings (SSSR count). The Kier molecular flexibility index (Phi) is 7.32. The minimum atomic E-state index is 0.204. The molecule has 0 fully saturated rings. The van der Waals surface area contributed by atoms with Crippen molar-refractivity contribution in [1.82, 2.24) is 9.55 Å². The maximum Gasteiger partial charge on any atom is 0.0951 e. The van der Waals surface area contributed by atoms with E-state index in [4.69, 9.17) is 0 Å². The molecule has 2 nitrogen and oxygen atoms in total. The maximum atomic E-state index is 4.26. The third-order valence-electron chi connectivity index (χ3n) is 5.03. The van der Waals surface area contributed by atoms with Crippen molar-refractivity contribution in [2.75, 3.05) is 0 Å². The summed E-state index contributed by atoms with van der Waals surface area (Å²) in [5.74, 6) is 1.44. The number of nitrogens with zero attached hydrogens (tertiary/aromatic N) is 2. The third-order valence-corrected chi connectivity index (χ3v) is 5.03. The molecule has 0 aliphatic carbocycles. The fourth-order valence-electron chi connectivity index (χ4n) is 3.53.